The summed E-state index contributed by atoms with van der Waals surface area (Å²) in [5.41, 5.74) is 3.26. The number of amides is 2. The third-order valence-corrected chi connectivity index (χ3v) is 6.07. The van der Waals surface area contributed by atoms with Crippen LogP contribution in [-0.2, 0) is 9.59 Å². The minimum atomic E-state index is -0.514. The number of hydrogen-bond acceptors (Lipinski definition) is 4. The molecule has 1 aliphatic heterocycles. The van der Waals surface area contributed by atoms with E-state index in [1.165, 1.54) is 0 Å². The van der Waals surface area contributed by atoms with Crippen LogP contribution in [-0.4, -0.2) is 26.0 Å². The minimum absolute atomic E-state index is 0.0175. The van der Waals surface area contributed by atoms with Gasteiger partial charge in [0.1, 0.15) is 11.5 Å². The summed E-state index contributed by atoms with van der Waals surface area (Å²) in [7, 11) is 3.17. The molecular weight excluding hydrogens is 416 g/mol. The van der Waals surface area contributed by atoms with Crippen molar-refractivity contribution < 1.29 is 19.1 Å². The number of piperidine rings is 1. The summed E-state index contributed by atoms with van der Waals surface area (Å²) >= 11 is 0. The fourth-order valence-electron chi connectivity index (χ4n) is 4.42. The van der Waals surface area contributed by atoms with Gasteiger partial charge >= 0.3 is 0 Å². The molecule has 1 N–H and O–H groups in total. The first-order chi connectivity index (χ1) is 16.0. The molecule has 1 fully saturated rings. The molecule has 0 radical (unpaired) electrons. The molecule has 2 unspecified atom stereocenters. The Balaban J connectivity index is 1.78. The van der Waals surface area contributed by atoms with Gasteiger partial charge in [-0.1, -0.05) is 48.0 Å². The van der Waals surface area contributed by atoms with E-state index in [-0.39, 0.29) is 18.2 Å². The molecule has 2 amide bonds. The summed E-state index contributed by atoms with van der Waals surface area (Å²) in [6, 6.07) is 22.2. The van der Waals surface area contributed by atoms with E-state index in [1.807, 2.05) is 67.6 Å². The van der Waals surface area contributed by atoms with Crippen molar-refractivity contribution in [3.05, 3.63) is 83.9 Å². The molecule has 0 spiro atoms. The molecule has 6 nitrogen and oxygen atoms in total. The lowest BCUT2D eigenvalue weighted by Crippen LogP contribution is -2.47. The van der Waals surface area contributed by atoms with Crippen molar-refractivity contribution in [3.8, 4) is 11.5 Å². The number of methoxy groups -OCH3 is 2. The lowest BCUT2D eigenvalue weighted by atomic mass is 9.82. The number of carbonyl (C=O) groups excluding carboxylic acids is 2. The second kappa shape index (κ2) is 9.77. The molecule has 0 aromatic heterocycles. The van der Waals surface area contributed by atoms with E-state index in [9.17, 15) is 9.59 Å². The number of anilines is 2. The molecule has 33 heavy (non-hydrogen) atoms. The zero-order chi connectivity index (χ0) is 23.4. The van der Waals surface area contributed by atoms with Crippen LogP contribution < -0.4 is 19.7 Å². The second-order valence-electron chi connectivity index (χ2n) is 8.12. The number of carbonyl (C=O) groups is 2. The van der Waals surface area contributed by atoms with E-state index in [4.69, 9.17) is 9.47 Å². The minimum Gasteiger partial charge on any atom is -0.496 e. The van der Waals surface area contributed by atoms with Gasteiger partial charge in [0.2, 0.25) is 11.8 Å². The molecule has 3 aromatic carbocycles. The molecule has 6 heteroatoms. The van der Waals surface area contributed by atoms with Gasteiger partial charge in [-0.3, -0.25) is 9.59 Å². The van der Waals surface area contributed by atoms with Gasteiger partial charge in [-0.15, -0.1) is 0 Å². The smallest absolute Gasteiger partial charge is 0.230 e. The van der Waals surface area contributed by atoms with Crippen molar-refractivity contribution in [2.45, 2.75) is 25.8 Å². The van der Waals surface area contributed by atoms with E-state index < -0.39 is 12.0 Å². The Kier molecular flexibility index (Phi) is 6.63. The van der Waals surface area contributed by atoms with Crippen molar-refractivity contribution in [2.75, 3.05) is 24.4 Å². The molecule has 3 aromatic rings. The van der Waals surface area contributed by atoms with Crippen LogP contribution in [0.25, 0.3) is 0 Å². The number of nitrogens with one attached hydrogen (secondary N) is 1. The average Bonchev–Trinajstić information content (AvgIpc) is 2.84. The standard InChI is InChI=1S/C27H28N2O4/c1-18-12-14-19(15-13-18)29-25(30)17-16-21(26(29)20-8-4-6-10-23(20)32-2)27(31)28-22-9-5-7-11-24(22)33-3/h4-15,21,26H,16-17H2,1-3H3,(H,28,31). The van der Waals surface area contributed by atoms with Crippen LogP contribution in [0.2, 0.25) is 0 Å². The van der Waals surface area contributed by atoms with Crippen LogP contribution in [0, 0.1) is 12.8 Å². The van der Waals surface area contributed by atoms with E-state index in [1.54, 1.807) is 31.3 Å². The van der Waals surface area contributed by atoms with Crippen LogP contribution in [0.5, 0.6) is 11.5 Å². The average molecular weight is 445 g/mol. The first-order valence-corrected chi connectivity index (χ1v) is 11.0. The highest BCUT2D eigenvalue weighted by molar-refractivity contribution is 6.00. The normalized spacial score (nSPS) is 18.0. The van der Waals surface area contributed by atoms with Gasteiger partial charge in [-0.2, -0.15) is 0 Å². The Morgan fingerprint density at radius 3 is 2.24 bits per heavy atom. The van der Waals surface area contributed by atoms with Gasteiger partial charge in [-0.05, 0) is 43.7 Å². The molecular formula is C27H28N2O4. The van der Waals surface area contributed by atoms with Gasteiger partial charge < -0.3 is 19.7 Å². The molecule has 0 bridgehead atoms. The lowest BCUT2D eigenvalue weighted by Gasteiger charge is -2.41. The first-order valence-electron chi connectivity index (χ1n) is 11.0. The zero-order valence-corrected chi connectivity index (χ0v) is 19.1. The number of hydrogen-bond donors (Lipinski definition) is 1. The molecule has 2 atom stereocenters. The van der Waals surface area contributed by atoms with E-state index >= 15 is 0 Å². The fraction of sp³-hybridized carbons (Fsp3) is 0.259. The van der Waals surface area contributed by atoms with Crippen molar-refractivity contribution in [1.29, 1.82) is 0 Å². The third-order valence-electron chi connectivity index (χ3n) is 6.07. The van der Waals surface area contributed by atoms with Crippen molar-refractivity contribution in [3.63, 3.8) is 0 Å². The fourth-order valence-corrected chi connectivity index (χ4v) is 4.42. The Bertz CT molecular complexity index is 1140. The van der Waals surface area contributed by atoms with Crippen molar-refractivity contribution in [1.82, 2.24) is 0 Å². The largest absolute Gasteiger partial charge is 0.496 e. The highest BCUT2D eigenvalue weighted by Crippen LogP contribution is 2.43. The molecule has 0 aliphatic carbocycles. The Hall–Kier alpha value is -3.80. The summed E-state index contributed by atoms with van der Waals surface area (Å²) in [5.74, 6) is 0.563. The second-order valence-corrected chi connectivity index (χ2v) is 8.12. The summed E-state index contributed by atoms with van der Waals surface area (Å²) in [6.45, 7) is 2.00. The number of nitrogens with zero attached hydrogens (tertiary/aromatic N) is 1. The number of benzene rings is 3. The Morgan fingerprint density at radius 1 is 0.909 bits per heavy atom. The van der Waals surface area contributed by atoms with Gasteiger partial charge in [-0.25, -0.2) is 0 Å². The molecule has 1 saturated heterocycles. The van der Waals surface area contributed by atoms with Gasteiger partial charge in [0.05, 0.1) is 31.9 Å². The summed E-state index contributed by atoms with van der Waals surface area (Å²) in [4.78, 5) is 28.6. The quantitative estimate of drug-likeness (QED) is 0.572. The predicted molar refractivity (Wildman–Crippen MR) is 129 cm³/mol. The summed E-state index contributed by atoms with van der Waals surface area (Å²) < 4.78 is 11.0. The summed E-state index contributed by atoms with van der Waals surface area (Å²) in [6.07, 6.45) is 0.717. The summed E-state index contributed by atoms with van der Waals surface area (Å²) in [5, 5.41) is 3.02. The Morgan fingerprint density at radius 2 is 1.55 bits per heavy atom. The molecule has 1 heterocycles. The molecule has 4 rings (SSSR count). The van der Waals surface area contributed by atoms with Crippen LogP contribution in [0.3, 0.4) is 0 Å². The van der Waals surface area contributed by atoms with Crippen LogP contribution >= 0.6 is 0 Å². The van der Waals surface area contributed by atoms with E-state index in [0.29, 0.717) is 23.6 Å². The molecule has 1 aliphatic rings. The SMILES string of the molecule is COc1ccccc1NC(=O)C1CCC(=O)N(c2ccc(C)cc2)C1c1ccccc1OC. The van der Waals surface area contributed by atoms with E-state index in [0.717, 1.165) is 16.8 Å². The number of para-hydroxylation sites is 3. The van der Waals surface area contributed by atoms with Crippen molar-refractivity contribution in [2.24, 2.45) is 5.92 Å². The Labute approximate surface area is 194 Å². The number of rotatable bonds is 6. The van der Waals surface area contributed by atoms with Crippen LogP contribution in [0.15, 0.2) is 72.8 Å². The predicted octanol–water partition coefficient (Wildman–Crippen LogP) is 5.14. The van der Waals surface area contributed by atoms with Crippen molar-refractivity contribution >= 4 is 23.2 Å². The number of ether oxygens (including phenoxy) is 2. The maximum atomic E-state index is 13.6. The highest BCUT2D eigenvalue weighted by Gasteiger charge is 2.42. The maximum absolute atomic E-state index is 13.6. The van der Waals surface area contributed by atoms with Crippen LogP contribution in [0.1, 0.15) is 30.0 Å². The molecule has 170 valence electrons. The van der Waals surface area contributed by atoms with Crippen LogP contribution in [0.4, 0.5) is 11.4 Å². The van der Waals surface area contributed by atoms with Gasteiger partial charge in [0.25, 0.3) is 0 Å². The first kappa shape index (κ1) is 22.4. The molecule has 0 saturated carbocycles. The van der Waals surface area contributed by atoms with E-state index in [2.05, 4.69) is 5.32 Å². The monoisotopic (exact) mass is 444 g/mol. The number of aryl methyl sites for hydroxylation is 1. The maximum Gasteiger partial charge on any atom is 0.230 e. The van der Waals surface area contributed by atoms with Gasteiger partial charge in [0.15, 0.2) is 0 Å². The third kappa shape index (κ3) is 4.55. The highest BCUT2D eigenvalue weighted by atomic mass is 16.5. The van der Waals surface area contributed by atoms with Gasteiger partial charge in [0, 0.05) is 17.7 Å². The zero-order valence-electron chi connectivity index (χ0n) is 19.1. The topological polar surface area (TPSA) is 67.9 Å². The lowest BCUT2D eigenvalue weighted by molar-refractivity contribution is -0.126.